The van der Waals surface area contributed by atoms with E-state index in [1.807, 2.05) is 16.8 Å². The van der Waals surface area contributed by atoms with Gasteiger partial charge in [0.1, 0.15) is 0 Å². The van der Waals surface area contributed by atoms with E-state index in [4.69, 9.17) is 0 Å². The highest BCUT2D eigenvalue weighted by Crippen LogP contribution is 2.23. The molecule has 2 aromatic rings. The lowest BCUT2D eigenvalue weighted by Crippen LogP contribution is -3.06. The maximum absolute atomic E-state index is 12.5. The zero-order chi connectivity index (χ0) is 17.0. The van der Waals surface area contributed by atoms with Crippen LogP contribution < -0.4 is 10.2 Å². The number of nitrogens with one attached hydrogen (secondary N) is 2. The van der Waals surface area contributed by atoms with Crippen LogP contribution in [0.5, 0.6) is 0 Å². The lowest BCUT2D eigenvalue weighted by molar-refractivity contribution is -0.856. The number of amides is 1. The highest BCUT2D eigenvalue weighted by atomic mass is 16.1. The molecule has 1 aromatic heterocycles. The van der Waals surface area contributed by atoms with E-state index in [9.17, 15) is 4.79 Å². The second-order valence-electron chi connectivity index (χ2n) is 6.56. The minimum Gasteiger partial charge on any atom is -0.346 e. The molecule has 23 heavy (non-hydrogen) atoms. The maximum Gasteiger partial charge on any atom is 0.254 e. The van der Waals surface area contributed by atoms with Gasteiger partial charge in [0.05, 0.1) is 50.3 Å². The molecule has 0 unspecified atom stereocenters. The van der Waals surface area contributed by atoms with Crippen molar-refractivity contribution in [2.75, 3.05) is 27.2 Å². The molecule has 0 spiro atoms. The van der Waals surface area contributed by atoms with E-state index in [0.29, 0.717) is 12.1 Å². The zero-order valence-corrected chi connectivity index (χ0v) is 14.7. The minimum absolute atomic E-state index is 0.0474. The molecule has 1 aromatic carbocycles. The Bertz CT molecular complexity index is 673. The van der Waals surface area contributed by atoms with Gasteiger partial charge in [0, 0.05) is 0 Å². The fourth-order valence-corrected chi connectivity index (χ4v) is 2.58. The molecule has 1 heterocycles. The van der Waals surface area contributed by atoms with Crippen LogP contribution in [0.15, 0.2) is 30.5 Å². The Morgan fingerprint density at radius 1 is 1.35 bits per heavy atom. The summed E-state index contributed by atoms with van der Waals surface area (Å²) in [5, 5.41) is 7.45. The number of rotatable bonds is 6. The number of hydrogen-bond acceptors (Lipinski definition) is 2. The maximum atomic E-state index is 12.5. The van der Waals surface area contributed by atoms with Crippen molar-refractivity contribution in [2.24, 2.45) is 0 Å². The van der Waals surface area contributed by atoms with E-state index in [-0.39, 0.29) is 11.8 Å². The molecular formula is C18H27N4O+. The van der Waals surface area contributed by atoms with Crippen molar-refractivity contribution in [3.05, 3.63) is 47.3 Å². The number of likely N-dealkylation sites (N-methyl/N-ethyl adjacent to an activating group) is 1. The molecule has 124 valence electrons. The molecule has 1 amide bonds. The Labute approximate surface area is 138 Å². The van der Waals surface area contributed by atoms with Crippen LogP contribution in [0.3, 0.4) is 0 Å². The van der Waals surface area contributed by atoms with Gasteiger partial charge >= 0.3 is 0 Å². The van der Waals surface area contributed by atoms with Gasteiger partial charge in [-0.2, -0.15) is 5.10 Å². The second-order valence-corrected chi connectivity index (χ2v) is 6.56. The first-order chi connectivity index (χ1) is 10.9. The number of quaternary nitrogens is 1. The largest absolute Gasteiger partial charge is 0.346 e. The van der Waals surface area contributed by atoms with E-state index in [2.05, 4.69) is 57.4 Å². The van der Waals surface area contributed by atoms with Gasteiger partial charge in [-0.25, -0.2) is 4.68 Å². The molecule has 0 saturated carbocycles. The molecule has 0 bridgehead atoms. The van der Waals surface area contributed by atoms with Gasteiger partial charge in [0.25, 0.3) is 5.91 Å². The van der Waals surface area contributed by atoms with Crippen molar-refractivity contribution >= 4 is 5.91 Å². The van der Waals surface area contributed by atoms with Crippen LogP contribution in [0.4, 0.5) is 0 Å². The molecular weight excluding hydrogens is 288 g/mol. The van der Waals surface area contributed by atoms with Gasteiger partial charge < -0.3 is 10.2 Å². The third kappa shape index (κ3) is 4.20. The fourth-order valence-electron chi connectivity index (χ4n) is 2.58. The Morgan fingerprint density at radius 3 is 2.70 bits per heavy atom. The van der Waals surface area contributed by atoms with E-state index >= 15 is 0 Å². The van der Waals surface area contributed by atoms with Gasteiger partial charge in [0.15, 0.2) is 0 Å². The summed E-state index contributed by atoms with van der Waals surface area (Å²) in [6.07, 6.45) is 1.68. The quantitative estimate of drug-likeness (QED) is 0.841. The standard InChI is InChI=1S/C18H26N4O/c1-13(2)17-16(18(23)19-9-10-21(4)5)12-20-22(17)15-8-6-7-14(3)11-15/h6-8,11-13H,9-10H2,1-5H3,(H,19,23)/p+1. The summed E-state index contributed by atoms with van der Waals surface area (Å²) in [7, 11) is 4.14. The van der Waals surface area contributed by atoms with Crippen LogP contribution in [0.2, 0.25) is 0 Å². The van der Waals surface area contributed by atoms with E-state index < -0.39 is 0 Å². The van der Waals surface area contributed by atoms with Crippen molar-refractivity contribution in [1.29, 1.82) is 0 Å². The number of carbonyl (C=O) groups excluding carboxylic acids is 1. The summed E-state index contributed by atoms with van der Waals surface area (Å²) >= 11 is 0. The molecule has 0 radical (unpaired) electrons. The van der Waals surface area contributed by atoms with Gasteiger partial charge in [-0.3, -0.25) is 4.79 Å². The number of nitrogens with zero attached hydrogens (tertiary/aromatic N) is 2. The minimum atomic E-state index is -0.0474. The number of hydrogen-bond donors (Lipinski definition) is 2. The third-order valence-electron chi connectivity index (χ3n) is 3.75. The van der Waals surface area contributed by atoms with Crippen LogP contribution in [0, 0.1) is 6.92 Å². The highest BCUT2D eigenvalue weighted by molar-refractivity contribution is 5.95. The second kappa shape index (κ2) is 7.42. The summed E-state index contributed by atoms with van der Waals surface area (Å²) in [6.45, 7) is 7.79. The first kappa shape index (κ1) is 17.2. The third-order valence-corrected chi connectivity index (χ3v) is 3.75. The molecule has 5 heteroatoms. The molecule has 0 saturated heterocycles. The highest BCUT2D eigenvalue weighted by Gasteiger charge is 2.20. The van der Waals surface area contributed by atoms with Gasteiger partial charge in [0.2, 0.25) is 0 Å². The number of benzene rings is 1. The Morgan fingerprint density at radius 2 is 2.09 bits per heavy atom. The molecule has 2 N–H and O–H groups in total. The van der Waals surface area contributed by atoms with Crippen LogP contribution >= 0.6 is 0 Å². The smallest absolute Gasteiger partial charge is 0.254 e. The molecule has 0 aliphatic rings. The van der Waals surface area contributed by atoms with Crippen molar-refractivity contribution < 1.29 is 9.69 Å². The topological polar surface area (TPSA) is 51.4 Å². The molecule has 0 atom stereocenters. The monoisotopic (exact) mass is 315 g/mol. The summed E-state index contributed by atoms with van der Waals surface area (Å²) in [6, 6.07) is 8.16. The molecule has 2 rings (SSSR count). The summed E-state index contributed by atoms with van der Waals surface area (Å²) < 4.78 is 1.88. The van der Waals surface area contributed by atoms with Gasteiger partial charge in [-0.15, -0.1) is 0 Å². The van der Waals surface area contributed by atoms with Gasteiger partial charge in [-0.1, -0.05) is 26.0 Å². The molecule has 0 fully saturated rings. The van der Waals surface area contributed by atoms with Crippen LogP contribution in [0.25, 0.3) is 5.69 Å². The molecule has 0 aliphatic heterocycles. The summed E-state index contributed by atoms with van der Waals surface area (Å²) in [4.78, 5) is 13.8. The zero-order valence-electron chi connectivity index (χ0n) is 14.7. The summed E-state index contributed by atoms with van der Waals surface area (Å²) in [5.41, 5.74) is 3.78. The lowest BCUT2D eigenvalue weighted by Gasteiger charge is -2.13. The van der Waals surface area contributed by atoms with Gasteiger partial charge in [-0.05, 0) is 30.5 Å². The van der Waals surface area contributed by atoms with E-state index in [1.165, 1.54) is 10.5 Å². The van der Waals surface area contributed by atoms with Crippen LogP contribution in [0.1, 0.15) is 41.4 Å². The number of aromatic nitrogens is 2. The predicted octanol–water partition coefficient (Wildman–Crippen LogP) is 1.18. The Kier molecular flexibility index (Phi) is 5.55. The number of aryl methyl sites for hydroxylation is 1. The Balaban J connectivity index is 2.30. The first-order valence-corrected chi connectivity index (χ1v) is 8.12. The van der Waals surface area contributed by atoms with Crippen LogP contribution in [-0.2, 0) is 0 Å². The van der Waals surface area contributed by atoms with Crippen molar-refractivity contribution in [1.82, 2.24) is 15.1 Å². The average Bonchev–Trinajstić information content (AvgIpc) is 2.91. The summed E-state index contributed by atoms with van der Waals surface area (Å²) in [5.74, 6) is 0.159. The predicted molar refractivity (Wildman–Crippen MR) is 92.4 cm³/mol. The van der Waals surface area contributed by atoms with Crippen molar-refractivity contribution in [2.45, 2.75) is 26.7 Å². The van der Waals surface area contributed by atoms with E-state index in [0.717, 1.165) is 17.9 Å². The fraction of sp³-hybridized carbons (Fsp3) is 0.444. The lowest BCUT2D eigenvalue weighted by atomic mass is 10.0. The van der Waals surface area contributed by atoms with Crippen molar-refractivity contribution in [3.63, 3.8) is 0 Å². The van der Waals surface area contributed by atoms with Crippen LogP contribution in [-0.4, -0.2) is 42.9 Å². The Hall–Kier alpha value is -2.14. The SMILES string of the molecule is Cc1cccc(-n2ncc(C(=O)NCC[NH+](C)C)c2C(C)C)c1. The first-order valence-electron chi connectivity index (χ1n) is 8.12. The molecule has 0 aliphatic carbocycles. The van der Waals surface area contributed by atoms with E-state index in [1.54, 1.807) is 6.20 Å². The normalized spacial score (nSPS) is 11.3. The number of carbonyl (C=O) groups is 1. The molecule has 5 nitrogen and oxygen atoms in total. The average molecular weight is 315 g/mol. The van der Waals surface area contributed by atoms with Crippen molar-refractivity contribution in [3.8, 4) is 5.69 Å².